The Morgan fingerprint density at radius 2 is 1.77 bits per heavy atom. The summed E-state index contributed by atoms with van der Waals surface area (Å²) in [5, 5.41) is 0.176. The number of aromatic nitrogens is 1. The smallest absolute Gasteiger partial charge is 0.310 e. The molecule has 1 N–H and O–H groups in total. The first kappa shape index (κ1) is 21.8. The van der Waals surface area contributed by atoms with Gasteiger partial charge in [0.15, 0.2) is 5.13 Å². The standard InChI is InChI=1S/C21H22N2O5S2/c1-14(2)28-16-9-11-17(12-10-16)30(25,26)23-21-22-20(15-7-5-4-6-8-15)18(29-21)13-19(24)27-3/h4-12,14H,13H2,1-3H3,(H,22,23). The molecular weight excluding hydrogens is 424 g/mol. The predicted octanol–water partition coefficient (Wildman–Crippen LogP) is 4.11. The number of sulfonamides is 1. The highest BCUT2D eigenvalue weighted by Gasteiger charge is 2.21. The van der Waals surface area contributed by atoms with Crippen LogP contribution in [-0.4, -0.2) is 32.6 Å². The molecule has 9 heteroatoms. The number of benzene rings is 2. The summed E-state index contributed by atoms with van der Waals surface area (Å²) in [5.41, 5.74) is 1.33. The van der Waals surface area contributed by atoms with Gasteiger partial charge in [0, 0.05) is 10.4 Å². The molecule has 0 unspecified atom stereocenters. The third-order valence-electron chi connectivity index (χ3n) is 4.00. The van der Waals surface area contributed by atoms with Crippen molar-refractivity contribution in [3.63, 3.8) is 0 Å². The van der Waals surface area contributed by atoms with E-state index in [9.17, 15) is 13.2 Å². The van der Waals surface area contributed by atoms with Gasteiger partial charge in [0.25, 0.3) is 10.0 Å². The van der Waals surface area contributed by atoms with Crippen molar-refractivity contribution < 1.29 is 22.7 Å². The predicted molar refractivity (Wildman–Crippen MR) is 116 cm³/mol. The summed E-state index contributed by atoms with van der Waals surface area (Å²) < 4.78 is 38.4. The number of thiazole rings is 1. The second kappa shape index (κ2) is 9.27. The minimum atomic E-state index is -3.85. The largest absolute Gasteiger partial charge is 0.491 e. The van der Waals surface area contributed by atoms with Crippen LogP contribution in [0.1, 0.15) is 18.7 Å². The molecule has 1 aromatic heterocycles. The first-order chi connectivity index (χ1) is 14.3. The molecule has 158 valence electrons. The molecule has 0 aliphatic heterocycles. The van der Waals surface area contributed by atoms with Crippen LogP contribution in [-0.2, 0) is 26.0 Å². The van der Waals surface area contributed by atoms with E-state index < -0.39 is 16.0 Å². The number of rotatable bonds is 8. The lowest BCUT2D eigenvalue weighted by Crippen LogP contribution is -2.13. The summed E-state index contributed by atoms with van der Waals surface area (Å²) in [7, 11) is -2.54. The summed E-state index contributed by atoms with van der Waals surface area (Å²) in [6.07, 6.45) is -0.00741. The fraction of sp³-hybridized carbons (Fsp3) is 0.238. The van der Waals surface area contributed by atoms with Gasteiger partial charge in [-0.1, -0.05) is 41.7 Å². The first-order valence-electron chi connectivity index (χ1n) is 9.20. The van der Waals surface area contributed by atoms with Crippen LogP contribution < -0.4 is 9.46 Å². The Labute approximate surface area is 179 Å². The highest BCUT2D eigenvalue weighted by atomic mass is 32.2. The maximum atomic E-state index is 12.8. The van der Waals surface area contributed by atoms with Crippen molar-refractivity contribution >= 4 is 32.5 Å². The van der Waals surface area contributed by atoms with Gasteiger partial charge in [-0.3, -0.25) is 9.52 Å². The number of methoxy groups -OCH3 is 1. The molecule has 0 aliphatic carbocycles. The van der Waals surface area contributed by atoms with Gasteiger partial charge in [-0.25, -0.2) is 13.4 Å². The number of hydrogen-bond acceptors (Lipinski definition) is 7. The van der Waals surface area contributed by atoms with Crippen molar-refractivity contribution in [1.29, 1.82) is 0 Å². The van der Waals surface area contributed by atoms with Crippen LogP contribution in [0, 0.1) is 0 Å². The molecular formula is C21H22N2O5S2. The molecule has 0 saturated carbocycles. The molecule has 2 aromatic carbocycles. The molecule has 0 spiro atoms. The van der Waals surface area contributed by atoms with Crippen LogP contribution in [0.25, 0.3) is 11.3 Å². The minimum Gasteiger partial charge on any atom is -0.491 e. The van der Waals surface area contributed by atoms with E-state index in [-0.39, 0.29) is 22.6 Å². The topological polar surface area (TPSA) is 94.6 Å². The summed E-state index contributed by atoms with van der Waals surface area (Å²) >= 11 is 1.10. The molecule has 0 bridgehead atoms. The van der Waals surface area contributed by atoms with Crippen molar-refractivity contribution in [3.8, 4) is 17.0 Å². The second-order valence-electron chi connectivity index (χ2n) is 6.65. The van der Waals surface area contributed by atoms with Crippen LogP contribution in [0.2, 0.25) is 0 Å². The molecule has 0 saturated heterocycles. The molecule has 0 atom stereocenters. The Hall–Kier alpha value is -2.91. The number of anilines is 1. The number of hydrogen-bond donors (Lipinski definition) is 1. The van der Waals surface area contributed by atoms with Crippen LogP contribution >= 0.6 is 11.3 Å². The van der Waals surface area contributed by atoms with E-state index in [0.717, 1.165) is 16.9 Å². The van der Waals surface area contributed by atoms with Gasteiger partial charge in [0.05, 0.1) is 30.2 Å². The maximum Gasteiger partial charge on any atom is 0.310 e. The molecule has 0 radical (unpaired) electrons. The fourth-order valence-electron chi connectivity index (χ4n) is 2.68. The van der Waals surface area contributed by atoms with E-state index in [2.05, 4.69) is 9.71 Å². The van der Waals surface area contributed by atoms with Crippen molar-refractivity contribution in [2.75, 3.05) is 11.8 Å². The highest BCUT2D eigenvalue weighted by Crippen LogP contribution is 2.33. The van der Waals surface area contributed by atoms with Crippen molar-refractivity contribution in [3.05, 3.63) is 59.5 Å². The summed E-state index contributed by atoms with van der Waals surface area (Å²) in [4.78, 5) is 16.9. The normalized spacial score (nSPS) is 11.3. The number of carbonyl (C=O) groups excluding carboxylic acids is 1. The van der Waals surface area contributed by atoms with Gasteiger partial charge >= 0.3 is 5.97 Å². The third kappa shape index (κ3) is 5.37. The molecule has 30 heavy (non-hydrogen) atoms. The third-order valence-corrected chi connectivity index (χ3v) is 6.46. The molecule has 3 aromatic rings. The van der Waals surface area contributed by atoms with Gasteiger partial charge in [-0.15, -0.1) is 0 Å². The van der Waals surface area contributed by atoms with E-state index in [1.165, 1.54) is 19.2 Å². The lowest BCUT2D eigenvalue weighted by Gasteiger charge is -2.10. The van der Waals surface area contributed by atoms with E-state index in [1.807, 2.05) is 44.2 Å². The van der Waals surface area contributed by atoms with Crippen molar-refractivity contribution in [2.24, 2.45) is 0 Å². The lowest BCUT2D eigenvalue weighted by atomic mass is 10.1. The van der Waals surface area contributed by atoms with Crippen LogP contribution in [0.4, 0.5) is 5.13 Å². The second-order valence-corrected chi connectivity index (χ2v) is 9.42. The fourth-order valence-corrected chi connectivity index (χ4v) is 4.89. The van der Waals surface area contributed by atoms with Gasteiger partial charge < -0.3 is 9.47 Å². The quantitative estimate of drug-likeness (QED) is 0.523. The van der Waals surface area contributed by atoms with E-state index in [1.54, 1.807) is 12.1 Å². The highest BCUT2D eigenvalue weighted by molar-refractivity contribution is 7.93. The number of nitrogens with one attached hydrogen (secondary N) is 1. The minimum absolute atomic E-state index is 0.00135. The van der Waals surface area contributed by atoms with Crippen LogP contribution in [0.3, 0.4) is 0 Å². The Morgan fingerprint density at radius 1 is 1.10 bits per heavy atom. The Balaban J connectivity index is 1.89. The SMILES string of the molecule is COC(=O)Cc1sc(NS(=O)(=O)c2ccc(OC(C)C)cc2)nc1-c1ccccc1. The average molecular weight is 447 g/mol. The zero-order valence-corrected chi connectivity index (χ0v) is 18.4. The number of carbonyl (C=O) groups is 1. The van der Waals surface area contributed by atoms with E-state index >= 15 is 0 Å². The molecule has 1 heterocycles. The zero-order chi connectivity index (χ0) is 21.7. The van der Waals surface area contributed by atoms with Crippen molar-refractivity contribution in [1.82, 2.24) is 4.98 Å². The zero-order valence-electron chi connectivity index (χ0n) is 16.8. The molecule has 7 nitrogen and oxygen atoms in total. The van der Waals surface area contributed by atoms with Gasteiger partial charge in [-0.05, 0) is 38.1 Å². The average Bonchev–Trinajstić information content (AvgIpc) is 3.09. The van der Waals surface area contributed by atoms with Gasteiger partial charge in [0.2, 0.25) is 0 Å². The maximum absolute atomic E-state index is 12.8. The number of ether oxygens (including phenoxy) is 2. The van der Waals surface area contributed by atoms with Gasteiger partial charge in [0.1, 0.15) is 5.75 Å². The molecule has 0 fully saturated rings. The summed E-state index contributed by atoms with van der Waals surface area (Å²) in [6, 6.07) is 15.4. The lowest BCUT2D eigenvalue weighted by molar-refractivity contribution is -0.139. The molecule has 3 rings (SSSR count). The number of nitrogens with zero attached hydrogens (tertiary/aromatic N) is 1. The van der Waals surface area contributed by atoms with E-state index in [0.29, 0.717) is 16.3 Å². The monoisotopic (exact) mass is 446 g/mol. The first-order valence-corrected chi connectivity index (χ1v) is 11.5. The Morgan fingerprint density at radius 3 is 2.37 bits per heavy atom. The Kier molecular flexibility index (Phi) is 6.73. The van der Waals surface area contributed by atoms with Crippen molar-refractivity contribution in [2.45, 2.75) is 31.3 Å². The van der Waals surface area contributed by atoms with Crippen LogP contribution in [0.5, 0.6) is 5.75 Å². The molecule has 0 amide bonds. The Bertz CT molecular complexity index is 1110. The molecule has 0 aliphatic rings. The summed E-state index contributed by atoms with van der Waals surface area (Å²) in [5.74, 6) is 0.163. The summed E-state index contributed by atoms with van der Waals surface area (Å²) in [6.45, 7) is 3.79. The van der Waals surface area contributed by atoms with Crippen LogP contribution in [0.15, 0.2) is 59.5 Å². The van der Waals surface area contributed by atoms with Gasteiger partial charge in [-0.2, -0.15) is 0 Å². The number of esters is 1. The van der Waals surface area contributed by atoms with E-state index in [4.69, 9.17) is 9.47 Å².